The Labute approximate surface area is 119 Å². The van der Waals surface area contributed by atoms with Gasteiger partial charge >= 0.3 is 0 Å². The molecule has 1 fully saturated rings. The van der Waals surface area contributed by atoms with Crippen LogP contribution in [0, 0.1) is 23.7 Å². The van der Waals surface area contributed by atoms with Crippen LogP contribution in [0.15, 0.2) is 0 Å². The first-order valence-corrected chi connectivity index (χ1v) is 8.20. The molecule has 1 aliphatic carbocycles. The highest BCUT2D eigenvalue weighted by Crippen LogP contribution is 2.37. The van der Waals surface area contributed by atoms with E-state index in [4.69, 9.17) is 0 Å². The molecule has 0 bridgehead atoms. The number of carbonyl (C=O) groups is 1. The summed E-state index contributed by atoms with van der Waals surface area (Å²) >= 11 is 0. The fourth-order valence-corrected chi connectivity index (χ4v) is 3.48. The largest absolute Gasteiger partial charge is 0.392 e. The van der Waals surface area contributed by atoms with Crippen molar-refractivity contribution in [1.82, 2.24) is 0 Å². The number of aliphatic hydroxyl groups is 1. The van der Waals surface area contributed by atoms with Gasteiger partial charge in [-0.2, -0.15) is 0 Å². The molecule has 0 saturated heterocycles. The Hall–Kier alpha value is -0.370. The van der Waals surface area contributed by atoms with E-state index in [2.05, 4.69) is 27.7 Å². The summed E-state index contributed by atoms with van der Waals surface area (Å²) in [4.78, 5) is 12.5. The molecule has 0 spiro atoms. The van der Waals surface area contributed by atoms with Gasteiger partial charge in [-0.05, 0) is 31.1 Å². The van der Waals surface area contributed by atoms with Gasteiger partial charge in [0.2, 0.25) is 0 Å². The van der Waals surface area contributed by atoms with E-state index in [1.165, 1.54) is 19.3 Å². The Balaban J connectivity index is 2.54. The minimum Gasteiger partial charge on any atom is -0.392 e. The lowest BCUT2D eigenvalue weighted by molar-refractivity contribution is -0.138. The monoisotopic (exact) mass is 268 g/mol. The van der Waals surface area contributed by atoms with Crippen LogP contribution in [0.25, 0.3) is 0 Å². The van der Waals surface area contributed by atoms with Crippen molar-refractivity contribution in [2.24, 2.45) is 23.7 Å². The molecule has 2 heteroatoms. The molecule has 2 nitrogen and oxygen atoms in total. The third kappa shape index (κ3) is 4.59. The molecule has 1 rings (SSSR count). The first-order chi connectivity index (χ1) is 8.99. The maximum atomic E-state index is 12.5. The maximum Gasteiger partial charge on any atom is 0.142 e. The van der Waals surface area contributed by atoms with Gasteiger partial charge in [0.25, 0.3) is 0 Å². The third-order valence-electron chi connectivity index (χ3n) is 4.81. The molecule has 19 heavy (non-hydrogen) atoms. The highest BCUT2D eigenvalue weighted by molar-refractivity contribution is 5.85. The molecular weight excluding hydrogens is 236 g/mol. The van der Waals surface area contributed by atoms with Crippen molar-refractivity contribution >= 4 is 5.78 Å². The Bertz CT molecular complexity index is 272. The quantitative estimate of drug-likeness (QED) is 0.702. The zero-order valence-electron chi connectivity index (χ0n) is 13.2. The smallest absolute Gasteiger partial charge is 0.142 e. The number of rotatable bonds is 7. The summed E-state index contributed by atoms with van der Waals surface area (Å²) in [6.07, 6.45) is 7.16. The summed E-state index contributed by atoms with van der Waals surface area (Å²) in [5.41, 5.74) is 0. The number of hydrogen-bond donors (Lipinski definition) is 1. The highest BCUT2D eigenvalue weighted by Gasteiger charge is 2.40. The van der Waals surface area contributed by atoms with Crippen molar-refractivity contribution in [2.75, 3.05) is 0 Å². The first kappa shape index (κ1) is 16.7. The lowest BCUT2D eigenvalue weighted by Gasteiger charge is -2.37. The number of Topliss-reactive ketones (excluding diaryl/α,β-unsaturated/α-hetero) is 1. The summed E-state index contributed by atoms with van der Waals surface area (Å²) in [6.45, 7) is 8.58. The fraction of sp³-hybridized carbons (Fsp3) is 0.941. The summed E-state index contributed by atoms with van der Waals surface area (Å²) in [7, 11) is 0. The SMILES string of the molecule is CCCCCC[C@@H](O)[C@@H]1C(=O)[C@@H](C(C)C)CC[C@H]1C. The topological polar surface area (TPSA) is 37.3 Å². The van der Waals surface area contributed by atoms with Gasteiger partial charge in [0, 0.05) is 11.8 Å². The molecule has 0 unspecified atom stereocenters. The molecule has 0 aliphatic heterocycles. The number of hydrogen-bond acceptors (Lipinski definition) is 2. The van der Waals surface area contributed by atoms with Crippen LogP contribution in [0.1, 0.15) is 72.6 Å². The average Bonchev–Trinajstić information content (AvgIpc) is 2.34. The molecule has 4 atom stereocenters. The van der Waals surface area contributed by atoms with Crippen LogP contribution in [-0.4, -0.2) is 17.0 Å². The van der Waals surface area contributed by atoms with E-state index in [-0.39, 0.29) is 11.8 Å². The van der Waals surface area contributed by atoms with E-state index in [1.807, 2.05) is 0 Å². The maximum absolute atomic E-state index is 12.5. The van der Waals surface area contributed by atoms with E-state index in [0.717, 1.165) is 25.7 Å². The molecule has 112 valence electrons. The van der Waals surface area contributed by atoms with Crippen LogP contribution in [0.4, 0.5) is 0 Å². The van der Waals surface area contributed by atoms with Crippen LogP contribution >= 0.6 is 0 Å². The standard InChI is InChI=1S/C17H32O2/c1-5-6-7-8-9-15(18)16-13(4)10-11-14(12(2)3)17(16)19/h12-16,18H,5-11H2,1-4H3/t13-,14-,15-,16-/m1/s1. The van der Waals surface area contributed by atoms with E-state index in [0.29, 0.717) is 17.6 Å². The highest BCUT2D eigenvalue weighted by atomic mass is 16.3. The summed E-state index contributed by atoms with van der Waals surface area (Å²) in [5.74, 6) is 1.16. The molecule has 0 heterocycles. The van der Waals surface area contributed by atoms with Crippen molar-refractivity contribution in [3.05, 3.63) is 0 Å². The van der Waals surface area contributed by atoms with Crippen LogP contribution in [0.3, 0.4) is 0 Å². The van der Waals surface area contributed by atoms with E-state index >= 15 is 0 Å². The number of aliphatic hydroxyl groups excluding tert-OH is 1. The van der Waals surface area contributed by atoms with Gasteiger partial charge in [-0.15, -0.1) is 0 Å². The lowest BCUT2D eigenvalue weighted by atomic mass is 9.68. The van der Waals surface area contributed by atoms with E-state index in [1.54, 1.807) is 0 Å². The normalized spacial score (nSPS) is 29.8. The second kappa shape index (κ2) is 8.04. The van der Waals surface area contributed by atoms with Crippen LogP contribution in [0.5, 0.6) is 0 Å². The Morgan fingerprint density at radius 2 is 1.89 bits per heavy atom. The molecule has 0 radical (unpaired) electrons. The van der Waals surface area contributed by atoms with E-state index < -0.39 is 6.10 Å². The second-order valence-corrected chi connectivity index (χ2v) is 6.75. The van der Waals surface area contributed by atoms with Gasteiger partial charge in [0.05, 0.1) is 6.10 Å². The predicted octanol–water partition coefficient (Wildman–Crippen LogP) is 4.21. The van der Waals surface area contributed by atoms with E-state index in [9.17, 15) is 9.90 Å². The molecule has 1 saturated carbocycles. The molecule has 1 N–H and O–H groups in total. The molecule has 0 amide bonds. The number of carbonyl (C=O) groups excluding carboxylic acids is 1. The predicted molar refractivity (Wildman–Crippen MR) is 80.0 cm³/mol. The van der Waals surface area contributed by atoms with Crippen molar-refractivity contribution in [3.63, 3.8) is 0 Å². The Morgan fingerprint density at radius 3 is 2.47 bits per heavy atom. The van der Waals surface area contributed by atoms with Crippen molar-refractivity contribution in [2.45, 2.75) is 78.7 Å². The first-order valence-electron chi connectivity index (χ1n) is 8.20. The van der Waals surface area contributed by atoms with Gasteiger partial charge in [0.1, 0.15) is 5.78 Å². The minimum absolute atomic E-state index is 0.109. The summed E-state index contributed by atoms with van der Waals surface area (Å²) < 4.78 is 0. The zero-order valence-corrected chi connectivity index (χ0v) is 13.2. The van der Waals surface area contributed by atoms with Gasteiger partial charge in [-0.3, -0.25) is 4.79 Å². The van der Waals surface area contributed by atoms with Crippen LogP contribution in [0.2, 0.25) is 0 Å². The lowest BCUT2D eigenvalue weighted by Crippen LogP contribution is -2.42. The number of unbranched alkanes of at least 4 members (excludes halogenated alkanes) is 3. The van der Waals surface area contributed by atoms with Crippen LogP contribution in [-0.2, 0) is 4.79 Å². The Morgan fingerprint density at radius 1 is 1.21 bits per heavy atom. The second-order valence-electron chi connectivity index (χ2n) is 6.75. The van der Waals surface area contributed by atoms with Gasteiger partial charge in [-0.1, -0.05) is 53.4 Å². The van der Waals surface area contributed by atoms with Crippen molar-refractivity contribution in [3.8, 4) is 0 Å². The molecule has 1 aliphatic rings. The van der Waals surface area contributed by atoms with Gasteiger partial charge < -0.3 is 5.11 Å². The average molecular weight is 268 g/mol. The molecule has 0 aromatic rings. The van der Waals surface area contributed by atoms with Crippen molar-refractivity contribution < 1.29 is 9.90 Å². The van der Waals surface area contributed by atoms with Gasteiger partial charge in [0.15, 0.2) is 0 Å². The summed E-state index contributed by atoms with van der Waals surface area (Å²) in [5, 5.41) is 10.4. The van der Waals surface area contributed by atoms with Crippen LogP contribution < -0.4 is 0 Å². The summed E-state index contributed by atoms with van der Waals surface area (Å²) in [6, 6.07) is 0. The Kier molecular flexibility index (Phi) is 7.06. The molecule has 0 aromatic carbocycles. The number of ketones is 1. The molecular formula is C17H32O2. The molecule has 0 aromatic heterocycles. The minimum atomic E-state index is -0.416. The zero-order chi connectivity index (χ0) is 14.4. The third-order valence-corrected chi connectivity index (χ3v) is 4.81. The van der Waals surface area contributed by atoms with Crippen molar-refractivity contribution in [1.29, 1.82) is 0 Å². The van der Waals surface area contributed by atoms with Gasteiger partial charge in [-0.25, -0.2) is 0 Å². The fourth-order valence-electron chi connectivity index (χ4n) is 3.48.